The first-order valence-corrected chi connectivity index (χ1v) is 10.3. The first-order valence-electron chi connectivity index (χ1n) is 10.3. The zero-order valence-electron chi connectivity index (χ0n) is 17.8. The second-order valence-electron chi connectivity index (χ2n) is 7.86. The molecule has 0 spiro atoms. The van der Waals surface area contributed by atoms with E-state index in [1.165, 1.54) is 5.56 Å². The number of piperidine rings is 1. The molecule has 156 valence electrons. The van der Waals surface area contributed by atoms with Gasteiger partial charge in [-0.05, 0) is 43.6 Å². The summed E-state index contributed by atoms with van der Waals surface area (Å²) in [5, 5.41) is 0. The van der Waals surface area contributed by atoms with Crippen molar-refractivity contribution in [2.75, 3.05) is 39.2 Å². The number of ether oxygens (including phenoxy) is 1. The Morgan fingerprint density at radius 2 is 1.83 bits per heavy atom. The van der Waals surface area contributed by atoms with E-state index in [9.17, 15) is 0 Å². The van der Waals surface area contributed by atoms with Crippen LogP contribution in [0.1, 0.15) is 30.0 Å². The average Bonchev–Trinajstić information content (AvgIpc) is 2.80. The zero-order valence-corrected chi connectivity index (χ0v) is 17.8. The van der Waals surface area contributed by atoms with Crippen LogP contribution in [0.25, 0.3) is 11.5 Å². The fourth-order valence-corrected chi connectivity index (χ4v) is 3.80. The van der Waals surface area contributed by atoms with Crippen molar-refractivity contribution in [3.63, 3.8) is 0 Å². The lowest BCUT2D eigenvalue weighted by Gasteiger charge is -2.32. The van der Waals surface area contributed by atoms with Crippen molar-refractivity contribution < 1.29 is 4.74 Å². The molecule has 4 rings (SSSR count). The van der Waals surface area contributed by atoms with Gasteiger partial charge in [0.2, 0.25) is 0 Å². The van der Waals surface area contributed by atoms with Gasteiger partial charge in [-0.15, -0.1) is 0 Å². The number of nitrogens with zero attached hydrogens (tertiary/aromatic N) is 6. The largest absolute Gasteiger partial charge is 0.497 e. The van der Waals surface area contributed by atoms with E-state index in [1.54, 1.807) is 25.7 Å². The average molecular weight is 405 g/mol. The van der Waals surface area contributed by atoms with Crippen LogP contribution in [0.4, 0.5) is 5.82 Å². The number of methoxy groups -OCH3 is 1. The normalized spacial score (nSPS) is 15.2. The quantitative estimate of drug-likeness (QED) is 0.624. The van der Waals surface area contributed by atoms with E-state index >= 15 is 0 Å². The number of hydrogen-bond acceptors (Lipinski definition) is 7. The molecular weight excluding hydrogens is 376 g/mol. The molecular formula is C23H28N6O. The molecule has 0 bridgehead atoms. The summed E-state index contributed by atoms with van der Waals surface area (Å²) in [5.41, 5.74) is 3.12. The number of benzene rings is 1. The van der Waals surface area contributed by atoms with Crippen molar-refractivity contribution in [3.05, 3.63) is 60.2 Å². The molecule has 0 radical (unpaired) electrons. The molecule has 2 aromatic heterocycles. The van der Waals surface area contributed by atoms with E-state index in [0.29, 0.717) is 17.4 Å². The minimum Gasteiger partial charge on any atom is -0.497 e. The summed E-state index contributed by atoms with van der Waals surface area (Å²) in [5.74, 6) is 2.87. The maximum absolute atomic E-state index is 5.25. The predicted octanol–water partition coefficient (Wildman–Crippen LogP) is 3.39. The Hall–Kier alpha value is -3.06. The Morgan fingerprint density at radius 1 is 1.07 bits per heavy atom. The second kappa shape index (κ2) is 9.17. The van der Waals surface area contributed by atoms with Gasteiger partial charge >= 0.3 is 0 Å². The van der Waals surface area contributed by atoms with Crippen LogP contribution in [-0.2, 0) is 6.54 Å². The summed E-state index contributed by atoms with van der Waals surface area (Å²) in [4.78, 5) is 22.6. The molecule has 0 unspecified atom stereocenters. The van der Waals surface area contributed by atoms with Crippen molar-refractivity contribution in [3.8, 4) is 17.3 Å². The van der Waals surface area contributed by atoms with Crippen LogP contribution in [-0.4, -0.2) is 59.1 Å². The number of hydrogen-bond donors (Lipinski definition) is 0. The highest BCUT2D eigenvalue weighted by molar-refractivity contribution is 5.52. The van der Waals surface area contributed by atoms with Crippen molar-refractivity contribution >= 4 is 5.82 Å². The van der Waals surface area contributed by atoms with Gasteiger partial charge < -0.3 is 9.64 Å². The van der Waals surface area contributed by atoms with Gasteiger partial charge in [0.15, 0.2) is 5.82 Å². The molecule has 1 aliphatic rings. The van der Waals surface area contributed by atoms with Crippen molar-refractivity contribution in [2.24, 2.45) is 0 Å². The monoisotopic (exact) mass is 404 g/mol. The van der Waals surface area contributed by atoms with Gasteiger partial charge in [-0.25, -0.2) is 15.0 Å². The summed E-state index contributed by atoms with van der Waals surface area (Å²) in [7, 11) is 5.71. The Morgan fingerprint density at radius 3 is 2.47 bits per heavy atom. The topological polar surface area (TPSA) is 67.3 Å². The molecule has 1 aromatic carbocycles. The van der Waals surface area contributed by atoms with Crippen molar-refractivity contribution in [2.45, 2.75) is 25.3 Å². The predicted molar refractivity (Wildman–Crippen MR) is 118 cm³/mol. The van der Waals surface area contributed by atoms with Crippen LogP contribution in [0.15, 0.2) is 48.9 Å². The standard InChI is InChI=1S/C23H28N6O/c1-28(2)22-14-20(26-23(27-22)21-15-24-10-11-25-21)18-8-12-29(13-9-18)16-17-4-6-19(30-3)7-5-17/h4-7,10-11,14-15,18H,8-9,12-13,16H2,1-3H3. The Bertz CT molecular complexity index is 953. The van der Waals surface area contributed by atoms with Crippen molar-refractivity contribution in [1.29, 1.82) is 0 Å². The third kappa shape index (κ3) is 4.74. The molecule has 0 aliphatic carbocycles. The fourth-order valence-electron chi connectivity index (χ4n) is 3.80. The van der Waals surface area contributed by atoms with Crippen LogP contribution in [0.5, 0.6) is 5.75 Å². The molecule has 0 atom stereocenters. The van der Waals surface area contributed by atoms with Crippen LogP contribution < -0.4 is 9.64 Å². The first kappa shape index (κ1) is 20.2. The summed E-state index contributed by atoms with van der Waals surface area (Å²) in [6, 6.07) is 10.5. The van der Waals surface area contributed by atoms with Crippen molar-refractivity contribution in [1.82, 2.24) is 24.8 Å². The van der Waals surface area contributed by atoms with Crippen LogP contribution in [0.2, 0.25) is 0 Å². The zero-order chi connectivity index (χ0) is 20.9. The first-order chi connectivity index (χ1) is 14.6. The molecule has 1 fully saturated rings. The van der Waals surface area contributed by atoms with E-state index < -0.39 is 0 Å². The highest BCUT2D eigenvalue weighted by atomic mass is 16.5. The maximum Gasteiger partial charge on any atom is 0.182 e. The number of anilines is 1. The molecule has 3 heterocycles. The van der Waals surface area contributed by atoms with E-state index in [4.69, 9.17) is 9.72 Å². The minimum absolute atomic E-state index is 0.425. The number of rotatable bonds is 6. The van der Waals surface area contributed by atoms with E-state index in [2.05, 4.69) is 38.1 Å². The molecule has 7 nitrogen and oxygen atoms in total. The number of aromatic nitrogens is 4. The van der Waals surface area contributed by atoms with E-state index in [0.717, 1.165) is 49.7 Å². The van der Waals surface area contributed by atoms with E-state index in [1.807, 2.05) is 31.1 Å². The molecule has 1 saturated heterocycles. The molecule has 7 heteroatoms. The Kier molecular flexibility index (Phi) is 6.18. The molecule has 0 amide bonds. The van der Waals surface area contributed by atoms with E-state index in [-0.39, 0.29) is 0 Å². The molecule has 30 heavy (non-hydrogen) atoms. The summed E-state index contributed by atoms with van der Waals surface area (Å²) in [6.07, 6.45) is 7.23. The lowest BCUT2D eigenvalue weighted by atomic mass is 9.92. The minimum atomic E-state index is 0.425. The molecule has 0 saturated carbocycles. The highest BCUT2D eigenvalue weighted by Gasteiger charge is 2.23. The van der Waals surface area contributed by atoms with Crippen LogP contribution in [0.3, 0.4) is 0 Å². The lowest BCUT2D eigenvalue weighted by Crippen LogP contribution is -2.32. The molecule has 3 aromatic rings. The fraction of sp³-hybridized carbons (Fsp3) is 0.391. The Balaban J connectivity index is 1.46. The second-order valence-corrected chi connectivity index (χ2v) is 7.86. The Labute approximate surface area is 177 Å². The van der Waals surface area contributed by atoms with Gasteiger partial charge in [-0.2, -0.15) is 0 Å². The van der Waals surface area contributed by atoms with Gasteiger partial charge in [0.25, 0.3) is 0 Å². The van der Waals surface area contributed by atoms with Crippen LogP contribution in [0, 0.1) is 0 Å². The van der Waals surface area contributed by atoms with Gasteiger partial charge in [0, 0.05) is 50.7 Å². The lowest BCUT2D eigenvalue weighted by molar-refractivity contribution is 0.203. The maximum atomic E-state index is 5.25. The smallest absolute Gasteiger partial charge is 0.182 e. The third-order valence-electron chi connectivity index (χ3n) is 5.55. The molecule has 0 N–H and O–H groups in total. The highest BCUT2D eigenvalue weighted by Crippen LogP contribution is 2.30. The summed E-state index contributed by atoms with van der Waals surface area (Å²) < 4.78 is 5.25. The SMILES string of the molecule is COc1ccc(CN2CCC(c3cc(N(C)C)nc(-c4cnccn4)n3)CC2)cc1. The summed E-state index contributed by atoms with van der Waals surface area (Å²) >= 11 is 0. The third-order valence-corrected chi connectivity index (χ3v) is 5.55. The van der Waals surface area contributed by atoms with Gasteiger partial charge in [0.05, 0.1) is 13.3 Å². The summed E-state index contributed by atoms with van der Waals surface area (Å²) in [6.45, 7) is 3.07. The number of likely N-dealkylation sites (tertiary alicyclic amines) is 1. The van der Waals surface area contributed by atoms with Gasteiger partial charge in [0.1, 0.15) is 17.3 Å². The van der Waals surface area contributed by atoms with Gasteiger partial charge in [-0.1, -0.05) is 12.1 Å². The molecule has 1 aliphatic heterocycles. The van der Waals surface area contributed by atoms with Crippen LogP contribution >= 0.6 is 0 Å². The van der Waals surface area contributed by atoms with Gasteiger partial charge in [-0.3, -0.25) is 9.88 Å².